The third kappa shape index (κ3) is 4.32. The summed E-state index contributed by atoms with van der Waals surface area (Å²) < 4.78 is 18.5. The second-order valence-corrected chi connectivity index (χ2v) is 4.51. The molecule has 6 heteroatoms. The Kier molecular flexibility index (Phi) is 5.93. The van der Waals surface area contributed by atoms with Gasteiger partial charge in [-0.3, -0.25) is 10.1 Å². The first-order valence-corrected chi connectivity index (χ1v) is 6.30. The van der Waals surface area contributed by atoms with Gasteiger partial charge in [-0.05, 0) is 12.2 Å². The van der Waals surface area contributed by atoms with Gasteiger partial charge >= 0.3 is 5.69 Å². The van der Waals surface area contributed by atoms with Crippen molar-refractivity contribution in [1.29, 1.82) is 0 Å². The number of ether oxygens (including phenoxy) is 1. The van der Waals surface area contributed by atoms with Crippen LogP contribution in [-0.4, -0.2) is 24.4 Å². The summed E-state index contributed by atoms with van der Waals surface area (Å²) in [4.78, 5) is 9.83. The van der Waals surface area contributed by atoms with Gasteiger partial charge in [-0.15, -0.1) is 0 Å². The topological polar surface area (TPSA) is 52.4 Å². The standard InChI is InChI=1S/C11H14FNO3S/c1-16-6-3-7-17-8-9-4-2-5-10(11(9)12)13(14)15/h2,4-5H,3,6-8H2,1H3. The summed E-state index contributed by atoms with van der Waals surface area (Å²) >= 11 is 1.54. The van der Waals surface area contributed by atoms with Gasteiger partial charge in [-0.25, -0.2) is 0 Å². The highest BCUT2D eigenvalue weighted by Crippen LogP contribution is 2.23. The number of methoxy groups -OCH3 is 1. The van der Waals surface area contributed by atoms with Gasteiger partial charge < -0.3 is 4.74 Å². The van der Waals surface area contributed by atoms with E-state index >= 15 is 0 Å². The van der Waals surface area contributed by atoms with Crippen LogP contribution in [0.5, 0.6) is 0 Å². The first-order valence-electron chi connectivity index (χ1n) is 5.15. The average Bonchev–Trinajstić information content (AvgIpc) is 2.30. The molecule has 4 nitrogen and oxygen atoms in total. The fraction of sp³-hybridized carbons (Fsp3) is 0.455. The van der Waals surface area contributed by atoms with Gasteiger partial charge in [0, 0.05) is 31.1 Å². The molecule has 1 rings (SSSR count). The smallest absolute Gasteiger partial charge is 0.305 e. The first-order chi connectivity index (χ1) is 8.16. The summed E-state index contributed by atoms with van der Waals surface area (Å²) in [6.07, 6.45) is 0.887. The molecular formula is C11H14FNO3S. The Hall–Kier alpha value is -1.14. The molecule has 0 bridgehead atoms. The summed E-state index contributed by atoms with van der Waals surface area (Å²) in [6.45, 7) is 0.671. The summed E-state index contributed by atoms with van der Waals surface area (Å²) in [5.74, 6) is 0.560. The van der Waals surface area contributed by atoms with Crippen molar-refractivity contribution in [2.45, 2.75) is 12.2 Å². The summed E-state index contributed by atoms with van der Waals surface area (Å²) in [5, 5.41) is 10.5. The van der Waals surface area contributed by atoms with Crippen molar-refractivity contribution in [3.63, 3.8) is 0 Å². The third-order valence-corrected chi connectivity index (χ3v) is 3.24. The maximum Gasteiger partial charge on any atom is 0.305 e. The minimum absolute atomic E-state index is 0.376. The van der Waals surface area contributed by atoms with E-state index in [1.807, 2.05) is 0 Å². The van der Waals surface area contributed by atoms with Gasteiger partial charge in [0.25, 0.3) is 0 Å². The number of nitro benzene ring substituents is 1. The van der Waals surface area contributed by atoms with E-state index in [1.54, 1.807) is 13.2 Å². The van der Waals surface area contributed by atoms with Crippen LogP contribution >= 0.6 is 11.8 Å². The van der Waals surface area contributed by atoms with E-state index in [0.29, 0.717) is 17.9 Å². The van der Waals surface area contributed by atoms with Crippen molar-refractivity contribution in [2.75, 3.05) is 19.5 Å². The Balaban J connectivity index is 2.54. The Labute approximate surface area is 103 Å². The van der Waals surface area contributed by atoms with Crippen LogP contribution < -0.4 is 0 Å². The lowest BCUT2D eigenvalue weighted by atomic mass is 10.2. The van der Waals surface area contributed by atoms with E-state index in [-0.39, 0.29) is 0 Å². The molecule has 0 atom stereocenters. The SMILES string of the molecule is COCCCSCc1cccc([N+](=O)[O-])c1F. The van der Waals surface area contributed by atoms with Crippen LogP contribution in [0.15, 0.2) is 18.2 Å². The molecule has 1 aromatic carbocycles. The first kappa shape index (κ1) is 13.9. The van der Waals surface area contributed by atoms with Crippen LogP contribution in [0.25, 0.3) is 0 Å². The molecule has 0 radical (unpaired) electrons. The predicted molar refractivity (Wildman–Crippen MR) is 65.7 cm³/mol. The molecule has 0 N–H and O–H groups in total. The average molecular weight is 259 g/mol. The lowest BCUT2D eigenvalue weighted by Gasteiger charge is -2.03. The molecule has 0 aliphatic rings. The molecule has 0 unspecified atom stereocenters. The molecule has 0 aromatic heterocycles. The zero-order chi connectivity index (χ0) is 12.7. The van der Waals surface area contributed by atoms with Crippen LogP contribution in [0, 0.1) is 15.9 Å². The van der Waals surface area contributed by atoms with Crippen molar-refractivity contribution < 1.29 is 14.1 Å². The normalized spacial score (nSPS) is 10.5. The number of hydrogen-bond acceptors (Lipinski definition) is 4. The molecule has 0 saturated heterocycles. The highest BCUT2D eigenvalue weighted by molar-refractivity contribution is 7.98. The quantitative estimate of drug-likeness (QED) is 0.429. The molecule has 94 valence electrons. The van der Waals surface area contributed by atoms with E-state index in [1.165, 1.54) is 23.9 Å². The Morgan fingerprint density at radius 3 is 2.94 bits per heavy atom. The van der Waals surface area contributed by atoms with E-state index in [0.717, 1.165) is 12.2 Å². The molecule has 0 aliphatic heterocycles. The van der Waals surface area contributed by atoms with Crippen LogP contribution in [0.3, 0.4) is 0 Å². The molecular weight excluding hydrogens is 245 g/mol. The van der Waals surface area contributed by atoms with Crippen molar-refractivity contribution >= 4 is 17.4 Å². The van der Waals surface area contributed by atoms with E-state index in [2.05, 4.69) is 0 Å². The number of nitro groups is 1. The fourth-order valence-corrected chi connectivity index (χ4v) is 2.22. The van der Waals surface area contributed by atoms with Crippen molar-refractivity contribution in [3.8, 4) is 0 Å². The third-order valence-electron chi connectivity index (χ3n) is 2.15. The molecule has 0 spiro atoms. The molecule has 17 heavy (non-hydrogen) atoms. The van der Waals surface area contributed by atoms with Gasteiger partial charge in [-0.2, -0.15) is 16.2 Å². The molecule has 0 fully saturated rings. The Morgan fingerprint density at radius 1 is 1.53 bits per heavy atom. The number of hydrogen-bond donors (Lipinski definition) is 0. The highest BCUT2D eigenvalue weighted by atomic mass is 32.2. The molecule has 1 aromatic rings. The van der Waals surface area contributed by atoms with E-state index < -0.39 is 16.4 Å². The minimum atomic E-state index is -0.725. The zero-order valence-electron chi connectivity index (χ0n) is 9.52. The minimum Gasteiger partial charge on any atom is -0.385 e. The van der Waals surface area contributed by atoms with Crippen LogP contribution in [0.2, 0.25) is 0 Å². The number of rotatable bonds is 7. The van der Waals surface area contributed by atoms with Crippen molar-refractivity contribution in [2.24, 2.45) is 0 Å². The number of thioether (sulfide) groups is 1. The zero-order valence-corrected chi connectivity index (χ0v) is 10.3. The van der Waals surface area contributed by atoms with Gasteiger partial charge in [0.1, 0.15) is 0 Å². The maximum absolute atomic E-state index is 13.6. The van der Waals surface area contributed by atoms with Crippen LogP contribution in [0.4, 0.5) is 10.1 Å². The van der Waals surface area contributed by atoms with Crippen molar-refractivity contribution in [3.05, 3.63) is 39.7 Å². The summed E-state index contributed by atoms with van der Waals surface area (Å²) in [7, 11) is 1.63. The van der Waals surface area contributed by atoms with Gasteiger partial charge in [0.15, 0.2) is 0 Å². The second-order valence-electron chi connectivity index (χ2n) is 3.41. The largest absolute Gasteiger partial charge is 0.385 e. The van der Waals surface area contributed by atoms with E-state index in [4.69, 9.17) is 4.74 Å². The predicted octanol–water partition coefficient (Wildman–Crippen LogP) is 3.00. The van der Waals surface area contributed by atoms with Gasteiger partial charge in [0.05, 0.1) is 4.92 Å². The van der Waals surface area contributed by atoms with Crippen LogP contribution in [-0.2, 0) is 10.5 Å². The lowest BCUT2D eigenvalue weighted by Crippen LogP contribution is -1.97. The Morgan fingerprint density at radius 2 is 2.29 bits per heavy atom. The van der Waals surface area contributed by atoms with Crippen LogP contribution in [0.1, 0.15) is 12.0 Å². The fourth-order valence-electron chi connectivity index (χ4n) is 1.31. The second kappa shape index (κ2) is 7.24. The molecule has 0 heterocycles. The summed E-state index contributed by atoms with van der Waals surface area (Å²) in [6, 6.07) is 4.26. The highest BCUT2D eigenvalue weighted by Gasteiger charge is 2.16. The maximum atomic E-state index is 13.6. The number of benzene rings is 1. The monoisotopic (exact) mass is 259 g/mol. The Bertz CT molecular complexity index is 387. The number of nitrogens with zero attached hydrogens (tertiary/aromatic N) is 1. The molecule has 0 aliphatic carbocycles. The van der Waals surface area contributed by atoms with Gasteiger partial charge in [-0.1, -0.05) is 12.1 Å². The van der Waals surface area contributed by atoms with Gasteiger partial charge in [0.2, 0.25) is 5.82 Å². The molecule has 0 amide bonds. The lowest BCUT2D eigenvalue weighted by molar-refractivity contribution is -0.387. The van der Waals surface area contributed by atoms with Crippen molar-refractivity contribution in [1.82, 2.24) is 0 Å². The molecule has 0 saturated carbocycles. The van der Waals surface area contributed by atoms with E-state index in [9.17, 15) is 14.5 Å². The number of halogens is 1. The summed E-state index contributed by atoms with van der Waals surface area (Å²) in [5.41, 5.74) is -0.0818.